The number of aliphatic hydroxyl groups is 2. The van der Waals surface area contributed by atoms with Crippen LogP contribution in [0.15, 0.2) is 24.3 Å². The molecule has 3 N–H and O–H groups in total. The summed E-state index contributed by atoms with van der Waals surface area (Å²) in [5.74, 6) is 0. The Labute approximate surface area is 112 Å². The Morgan fingerprint density at radius 2 is 1.79 bits per heavy atom. The number of amides is 1. The largest absolute Gasteiger partial charge is 0.444 e. The van der Waals surface area contributed by atoms with Gasteiger partial charge in [-0.1, -0.05) is 24.3 Å². The molecular formula is C14H19NO4. The van der Waals surface area contributed by atoms with Crippen LogP contribution < -0.4 is 5.32 Å². The van der Waals surface area contributed by atoms with Gasteiger partial charge in [-0.2, -0.15) is 0 Å². The van der Waals surface area contributed by atoms with E-state index in [2.05, 4.69) is 5.32 Å². The first-order valence-electron chi connectivity index (χ1n) is 6.24. The molecule has 0 fully saturated rings. The Morgan fingerprint density at radius 1 is 1.21 bits per heavy atom. The smallest absolute Gasteiger partial charge is 0.408 e. The molecule has 5 nitrogen and oxygen atoms in total. The molecule has 0 aliphatic heterocycles. The van der Waals surface area contributed by atoms with E-state index in [0.29, 0.717) is 11.1 Å². The van der Waals surface area contributed by atoms with E-state index in [-0.39, 0.29) is 0 Å². The van der Waals surface area contributed by atoms with E-state index in [9.17, 15) is 15.0 Å². The SMILES string of the molecule is CC(C)(C)OC(=O)N[C@@H]1c2ccccc2[C@H](O)[C@@H]1O. The molecule has 0 aromatic heterocycles. The van der Waals surface area contributed by atoms with Gasteiger partial charge in [-0.3, -0.25) is 0 Å². The van der Waals surface area contributed by atoms with Gasteiger partial charge < -0.3 is 20.3 Å². The number of ether oxygens (including phenoxy) is 1. The lowest BCUT2D eigenvalue weighted by Crippen LogP contribution is -2.38. The summed E-state index contributed by atoms with van der Waals surface area (Å²) in [4.78, 5) is 11.8. The quantitative estimate of drug-likeness (QED) is 0.721. The van der Waals surface area contributed by atoms with Crippen LogP contribution in [-0.2, 0) is 4.74 Å². The third-order valence-corrected chi connectivity index (χ3v) is 2.99. The van der Waals surface area contributed by atoms with Crippen LogP contribution in [-0.4, -0.2) is 28.0 Å². The summed E-state index contributed by atoms with van der Waals surface area (Å²) >= 11 is 0. The number of carbonyl (C=O) groups excluding carboxylic acids is 1. The van der Waals surface area contributed by atoms with Crippen LogP contribution >= 0.6 is 0 Å². The van der Waals surface area contributed by atoms with Crippen molar-refractivity contribution in [1.29, 1.82) is 0 Å². The average molecular weight is 265 g/mol. The summed E-state index contributed by atoms with van der Waals surface area (Å²) in [6.07, 6.45) is -2.67. The van der Waals surface area contributed by atoms with Crippen LogP contribution in [0.2, 0.25) is 0 Å². The zero-order valence-corrected chi connectivity index (χ0v) is 11.3. The molecule has 19 heavy (non-hydrogen) atoms. The van der Waals surface area contributed by atoms with Crippen molar-refractivity contribution in [3.63, 3.8) is 0 Å². The van der Waals surface area contributed by atoms with Gasteiger partial charge in [0.05, 0.1) is 6.04 Å². The number of aliphatic hydroxyl groups excluding tert-OH is 2. The van der Waals surface area contributed by atoms with Crippen molar-refractivity contribution in [3.05, 3.63) is 35.4 Å². The van der Waals surface area contributed by atoms with Crippen molar-refractivity contribution in [3.8, 4) is 0 Å². The van der Waals surface area contributed by atoms with Crippen LogP contribution in [0.3, 0.4) is 0 Å². The summed E-state index contributed by atoms with van der Waals surface area (Å²) in [5.41, 5.74) is 0.746. The maximum atomic E-state index is 11.8. The molecule has 1 aromatic rings. The third-order valence-electron chi connectivity index (χ3n) is 2.99. The summed E-state index contributed by atoms with van der Waals surface area (Å²) in [6.45, 7) is 5.29. The van der Waals surface area contributed by atoms with E-state index in [1.165, 1.54) is 0 Å². The fraction of sp³-hybridized carbons (Fsp3) is 0.500. The highest BCUT2D eigenvalue weighted by atomic mass is 16.6. The van der Waals surface area contributed by atoms with Crippen LogP contribution in [0, 0.1) is 0 Å². The Bertz CT molecular complexity index is 481. The van der Waals surface area contributed by atoms with Gasteiger partial charge in [0.2, 0.25) is 0 Å². The normalized spacial score (nSPS) is 25.8. The van der Waals surface area contributed by atoms with Crippen LogP contribution in [0.1, 0.15) is 44.0 Å². The number of fused-ring (bicyclic) bond motifs is 1. The van der Waals surface area contributed by atoms with Gasteiger partial charge >= 0.3 is 6.09 Å². The summed E-state index contributed by atoms with van der Waals surface area (Å²) in [6, 6.07) is 6.44. The van der Waals surface area contributed by atoms with E-state index < -0.39 is 29.9 Å². The molecular weight excluding hydrogens is 246 g/mol. The van der Waals surface area contributed by atoms with Crippen molar-refractivity contribution in [2.45, 2.75) is 44.6 Å². The predicted octanol–water partition coefficient (Wildman–Crippen LogP) is 1.66. The van der Waals surface area contributed by atoms with Gasteiger partial charge in [0.15, 0.2) is 0 Å². The zero-order valence-electron chi connectivity index (χ0n) is 11.3. The fourth-order valence-corrected chi connectivity index (χ4v) is 2.21. The van der Waals surface area contributed by atoms with Gasteiger partial charge in [0.25, 0.3) is 0 Å². The van der Waals surface area contributed by atoms with Crippen molar-refractivity contribution < 1.29 is 19.7 Å². The first-order valence-corrected chi connectivity index (χ1v) is 6.24. The van der Waals surface area contributed by atoms with E-state index in [4.69, 9.17) is 4.74 Å². The first kappa shape index (κ1) is 13.8. The second-order valence-corrected chi connectivity index (χ2v) is 5.69. The third kappa shape index (κ3) is 2.88. The first-order chi connectivity index (χ1) is 8.79. The molecule has 1 aliphatic rings. The van der Waals surface area contributed by atoms with Crippen LogP contribution in [0.4, 0.5) is 4.79 Å². The van der Waals surface area contributed by atoms with Gasteiger partial charge in [-0.25, -0.2) is 4.79 Å². The molecule has 104 valence electrons. The highest BCUT2D eigenvalue weighted by Crippen LogP contribution is 2.38. The van der Waals surface area contributed by atoms with Gasteiger partial charge in [-0.05, 0) is 31.9 Å². The van der Waals surface area contributed by atoms with Crippen LogP contribution in [0.25, 0.3) is 0 Å². The highest BCUT2D eigenvalue weighted by molar-refractivity contribution is 5.69. The minimum atomic E-state index is -1.06. The molecule has 0 bridgehead atoms. The zero-order chi connectivity index (χ0) is 14.2. The second kappa shape index (κ2) is 4.83. The number of nitrogens with one attached hydrogen (secondary N) is 1. The molecule has 5 heteroatoms. The topological polar surface area (TPSA) is 78.8 Å². The van der Waals surface area contributed by atoms with Crippen molar-refractivity contribution in [1.82, 2.24) is 5.32 Å². The van der Waals surface area contributed by atoms with E-state index in [1.54, 1.807) is 45.0 Å². The highest BCUT2D eigenvalue weighted by Gasteiger charge is 2.39. The molecule has 3 atom stereocenters. The lowest BCUT2D eigenvalue weighted by molar-refractivity contribution is 0.00359. The standard InChI is InChI=1S/C14H19NO4/c1-14(2,3)19-13(18)15-10-8-6-4-5-7-9(8)11(16)12(10)17/h4-7,10-12,16-17H,1-3H3,(H,15,18)/t10-,11+,12-/m1/s1. The Hall–Kier alpha value is -1.59. The molecule has 0 saturated carbocycles. The molecule has 0 radical (unpaired) electrons. The summed E-state index contributed by atoms with van der Waals surface area (Å²) in [7, 11) is 0. The van der Waals surface area contributed by atoms with Gasteiger partial charge in [0, 0.05) is 0 Å². The minimum Gasteiger partial charge on any atom is -0.444 e. The molecule has 1 amide bonds. The predicted molar refractivity (Wildman–Crippen MR) is 69.5 cm³/mol. The molecule has 0 saturated heterocycles. The Morgan fingerprint density at radius 3 is 2.37 bits per heavy atom. The maximum absolute atomic E-state index is 11.8. The fourth-order valence-electron chi connectivity index (χ4n) is 2.21. The lowest BCUT2D eigenvalue weighted by Gasteiger charge is -2.23. The van der Waals surface area contributed by atoms with E-state index in [1.807, 2.05) is 0 Å². The number of carbonyl (C=O) groups is 1. The average Bonchev–Trinajstić information content (AvgIpc) is 2.53. The van der Waals surface area contributed by atoms with Gasteiger partial charge in [-0.15, -0.1) is 0 Å². The summed E-state index contributed by atoms with van der Waals surface area (Å²) < 4.78 is 5.16. The number of rotatable bonds is 1. The molecule has 1 aromatic carbocycles. The molecule has 1 aliphatic carbocycles. The Kier molecular flexibility index (Phi) is 3.52. The second-order valence-electron chi connectivity index (χ2n) is 5.69. The number of hydrogen-bond acceptors (Lipinski definition) is 4. The molecule has 0 spiro atoms. The van der Waals surface area contributed by atoms with Crippen LogP contribution in [0.5, 0.6) is 0 Å². The van der Waals surface area contributed by atoms with Crippen molar-refractivity contribution in [2.24, 2.45) is 0 Å². The molecule has 0 unspecified atom stereocenters. The minimum absolute atomic E-state index is 0.605. The number of alkyl carbamates (subject to hydrolysis) is 1. The van der Waals surface area contributed by atoms with Crippen molar-refractivity contribution >= 4 is 6.09 Å². The Balaban J connectivity index is 2.15. The van der Waals surface area contributed by atoms with Crippen molar-refractivity contribution in [2.75, 3.05) is 0 Å². The number of hydrogen-bond donors (Lipinski definition) is 3. The molecule has 2 rings (SSSR count). The monoisotopic (exact) mass is 265 g/mol. The maximum Gasteiger partial charge on any atom is 0.408 e. The lowest BCUT2D eigenvalue weighted by atomic mass is 10.1. The summed E-state index contributed by atoms with van der Waals surface area (Å²) in [5, 5.41) is 22.5. The van der Waals surface area contributed by atoms with E-state index >= 15 is 0 Å². The molecule has 0 heterocycles. The van der Waals surface area contributed by atoms with E-state index in [0.717, 1.165) is 0 Å². The number of benzene rings is 1. The van der Waals surface area contributed by atoms with Gasteiger partial charge in [0.1, 0.15) is 17.8 Å².